The Morgan fingerprint density at radius 2 is 2.15 bits per heavy atom. The molecule has 0 aliphatic heterocycles. The third kappa shape index (κ3) is 2.71. The highest BCUT2D eigenvalue weighted by Gasteiger charge is 2.34. The van der Waals surface area contributed by atoms with Crippen molar-refractivity contribution in [3.63, 3.8) is 0 Å². The molecule has 0 spiro atoms. The molecule has 3 N–H and O–H groups in total. The molecule has 2 saturated carbocycles. The van der Waals surface area contributed by atoms with E-state index in [9.17, 15) is 4.79 Å². The molecule has 2 atom stereocenters. The molecule has 13 heavy (non-hydrogen) atoms. The molecule has 4 heteroatoms. The summed E-state index contributed by atoms with van der Waals surface area (Å²) in [6, 6.07) is 0.447. The zero-order chi connectivity index (χ0) is 8.55. The van der Waals surface area contributed by atoms with Crippen LogP contribution in [0.25, 0.3) is 0 Å². The van der Waals surface area contributed by atoms with Gasteiger partial charge in [-0.25, -0.2) is 0 Å². The number of nitrogens with two attached hydrogens (primary N) is 1. The minimum atomic E-state index is 0. The second kappa shape index (κ2) is 4.11. The SMILES string of the molecule is Cl.NC1CC1NC(=O)C=C1CCC1. The van der Waals surface area contributed by atoms with E-state index in [0.29, 0.717) is 0 Å². The number of carbonyl (C=O) groups excluding carboxylic acids is 1. The zero-order valence-electron chi connectivity index (χ0n) is 7.45. The van der Waals surface area contributed by atoms with Crippen LogP contribution in [-0.4, -0.2) is 18.0 Å². The van der Waals surface area contributed by atoms with E-state index in [1.165, 1.54) is 12.0 Å². The summed E-state index contributed by atoms with van der Waals surface area (Å²) in [5, 5.41) is 2.86. The molecule has 2 unspecified atom stereocenters. The lowest BCUT2D eigenvalue weighted by molar-refractivity contribution is -0.116. The molecule has 0 saturated heterocycles. The molecule has 0 heterocycles. The van der Waals surface area contributed by atoms with Crippen LogP contribution < -0.4 is 11.1 Å². The molecule has 2 fully saturated rings. The van der Waals surface area contributed by atoms with Crippen molar-refractivity contribution in [2.45, 2.75) is 37.8 Å². The second-order valence-corrected chi connectivity index (χ2v) is 3.67. The first kappa shape index (κ1) is 10.5. The van der Waals surface area contributed by atoms with Crippen molar-refractivity contribution in [1.82, 2.24) is 5.32 Å². The van der Waals surface area contributed by atoms with Crippen LogP contribution in [0.3, 0.4) is 0 Å². The highest BCUT2D eigenvalue weighted by molar-refractivity contribution is 5.89. The molecule has 74 valence electrons. The Morgan fingerprint density at radius 1 is 1.54 bits per heavy atom. The minimum Gasteiger partial charge on any atom is -0.348 e. The van der Waals surface area contributed by atoms with E-state index in [1.807, 2.05) is 0 Å². The molecule has 0 bridgehead atoms. The van der Waals surface area contributed by atoms with Gasteiger partial charge in [-0.05, 0) is 25.7 Å². The Morgan fingerprint density at radius 3 is 2.54 bits per heavy atom. The lowest BCUT2D eigenvalue weighted by Crippen LogP contribution is -2.28. The zero-order valence-corrected chi connectivity index (χ0v) is 8.27. The van der Waals surface area contributed by atoms with Gasteiger partial charge in [-0.3, -0.25) is 4.79 Å². The van der Waals surface area contributed by atoms with E-state index in [1.54, 1.807) is 6.08 Å². The summed E-state index contributed by atoms with van der Waals surface area (Å²) in [6.07, 6.45) is 6.11. The van der Waals surface area contributed by atoms with Crippen LogP contribution in [0.15, 0.2) is 11.6 Å². The Kier molecular flexibility index (Phi) is 3.33. The van der Waals surface area contributed by atoms with Gasteiger partial charge in [0, 0.05) is 18.2 Å². The fourth-order valence-electron chi connectivity index (χ4n) is 1.32. The molecule has 0 aromatic carbocycles. The maximum absolute atomic E-state index is 11.2. The summed E-state index contributed by atoms with van der Waals surface area (Å²) in [5.41, 5.74) is 6.84. The van der Waals surface area contributed by atoms with Crippen LogP contribution in [0.4, 0.5) is 0 Å². The van der Waals surface area contributed by atoms with Crippen molar-refractivity contribution in [1.29, 1.82) is 0 Å². The van der Waals surface area contributed by atoms with Gasteiger partial charge in [-0.15, -0.1) is 12.4 Å². The van der Waals surface area contributed by atoms with E-state index in [4.69, 9.17) is 5.73 Å². The predicted octanol–water partition coefficient (Wildman–Crippen LogP) is 0.734. The monoisotopic (exact) mass is 202 g/mol. The molecule has 3 nitrogen and oxygen atoms in total. The number of carbonyl (C=O) groups is 1. The normalized spacial score (nSPS) is 29.8. The van der Waals surface area contributed by atoms with Crippen LogP contribution in [0.2, 0.25) is 0 Å². The van der Waals surface area contributed by atoms with E-state index in [2.05, 4.69) is 5.32 Å². The fraction of sp³-hybridized carbons (Fsp3) is 0.667. The third-order valence-corrected chi connectivity index (χ3v) is 2.50. The summed E-state index contributed by atoms with van der Waals surface area (Å²) in [6.45, 7) is 0. The number of nitrogens with one attached hydrogen (secondary N) is 1. The molecule has 2 aliphatic carbocycles. The molecular weight excluding hydrogens is 188 g/mol. The van der Waals surface area contributed by atoms with Crippen LogP contribution in [0, 0.1) is 0 Å². The van der Waals surface area contributed by atoms with Gasteiger partial charge in [0.15, 0.2) is 0 Å². The lowest BCUT2D eigenvalue weighted by Gasteiger charge is -2.15. The lowest BCUT2D eigenvalue weighted by atomic mass is 9.92. The van der Waals surface area contributed by atoms with Crippen molar-refractivity contribution in [3.8, 4) is 0 Å². The number of amides is 1. The van der Waals surface area contributed by atoms with Gasteiger partial charge in [0.2, 0.25) is 5.91 Å². The first-order chi connectivity index (χ1) is 5.75. The van der Waals surface area contributed by atoms with Crippen LogP contribution in [-0.2, 0) is 4.79 Å². The van der Waals surface area contributed by atoms with Crippen LogP contribution >= 0.6 is 12.4 Å². The van der Waals surface area contributed by atoms with Gasteiger partial charge in [0.05, 0.1) is 0 Å². The maximum Gasteiger partial charge on any atom is 0.244 e. The van der Waals surface area contributed by atoms with Crippen molar-refractivity contribution in [3.05, 3.63) is 11.6 Å². The largest absolute Gasteiger partial charge is 0.348 e. The van der Waals surface area contributed by atoms with E-state index < -0.39 is 0 Å². The smallest absolute Gasteiger partial charge is 0.244 e. The van der Waals surface area contributed by atoms with Crippen molar-refractivity contribution >= 4 is 18.3 Å². The van der Waals surface area contributed by atoms with Gasteiger partial charge in [0.1, 0.15) is 0 Å². The first-order valence-electron chi connectivity index (χ1n) is 4.51. The number of allylic oxidation sites excluding steroid dienone is 1. The minimum absolute atomic E-state index is 0. The average molecular weight is 203 g/mol. The van der Waals surface area contributed by atoms with Gasteiger partial charge < -0.3 is 11.1 Å². The van der Waals surface area contributed by atoms with Gasteiger partial charge >= 0.3 is 0 Å². The highest BCUT2D eigenvalue weighted by Crippen LogP contribution is 2.25. The first-order valence-corrected chi connectivity index (χ1v) is 4.51. The molecule has 0 aromatic heterocycles. The summed E-state index contributed by atoms with van der Waals surface area (Å²) >= 11 is 0. The molecular formula is C9H15ClN2O. The van der Waals surface area contributed by atoms with Crippen LogP contribution in [0.1, 0.15) is 25.7 Å². The highest BCUT2D eigenvalue weighted by atomic mass is 35.5. The summed E-state index contributed by atoms with van der Waals surface area (Å²) in [7, 11) is 0. The Labute approximate surface area is 84.2 Å². The third-order valence-electron chi connectivity index (χ3n) is 2.50. The maximum atomic E-state index is 11.2. The second-order valence-electron chi connectivity index (χ2n) is 3.67. The molecule has 0 radical (unpaired) electrons. The van der Waals surface area contributed by atoms with Crippen molar-refractivity contribution in [2.75, 3.05) is 0 Å². The number of hydrogen-bond donors (Lipinski definition) is 2. The van der Waals surface area contributed by atoms with Gasteiger partial charge in [0.25, 0.3) is 0 Å². The number of rotatable bonds is 2. The average Bonchev–Trinajstić information content (AvgIpc) is 2.58. The van der Waals surface area contributed by atoms with E-state index in [0.717, 1.165) is 19.3 Å². The Balaban J connectivity index is 0.000000845. The number of hydrogen-bond acceptors (Lipinski definition) is 2. The molecule has 0 aromatic rings. The van der Waals surface area contributed by atoms with Gasteiger partial charge in [-0.1, -0.05) is 5.57 Å². The Hall–Kier alpha value is -0.540. The molecule has 2 aliphatic rings. The van der Waals surface area contributed by atoms with E-state index in [-0.39, 0.29) is 30.4 Å². The fourth-order valence-corrected chi connectivity index (χ4v) is 1.32. The number of halogens is 1. The summed E-state index contributed by atoms with van der Waals surface area (Å²) < 4.78 is 0. The summed E-state index contributed by atoms with van der Waals surface area (Å²) in [4.78, 5) is 11.2. The topological polar surface area (TPSA) is 55.1 Å². The van der Waals surface area contributed by atoms with Crippen molar-refractivity contribution in [2.24, 2.45) is 5.73 Å². The predicted molar refractivity (Wildman–Crippen MR) is 53.7 cm³/mol. The molecule has 1 amide bonds. The van der Waals surface area contributed by atoms with Gasteiger partial charge in [-0.2, -0.15) is 0 Å². The molecule has 2 rings (SSSR count). The Bertz CT molecular complexity index is 234. The van der Waals surface area contributed by atoms with Crippen molar-refractivity contribution < 1.29 is 4.79 Å². The van der Waals surface area contributed by atoms with Crippen LogP contribution in [0.5, 0.6) is 0 Å². The summed E-state index contributed by atoms with van der Waals surface area (Å²) in [5.74, 6) is 0.0441. The van der Waals surface area contributed by atoms with E-state index >= 15 is 0 Å². The quantitative estimate of drug-likeness (QED) is 0.649. The standard InChI is InChI=1S/C9H14N2O.ClH/c10-7-5-8(7)11-9(12)4-6-2-1-3-6;/h4,7-8H,1-3,5,10H2,(H,11,12);1H.